The molecule has 1 atom stereocenters. The lowest BCUT2D eigenvalue weighted by Crippen LogP contribution is -2.60. The van der Waals surface area contributed by atoms with Crippen LogP contribution >= 0.6 is 0 Å². The lowest BCUT2D eigenvalue weighted by Gasteiger charge is -2.40. The Balaban J connectivity index is 1.92. The van der Waals surface area contributed by atoms with Crippen LogP contribution in [0.25, 0.3) is 0 Å². The summed E-state index contributed by atoms with van der Waals surface area (Å²) in [4.78, 5) is 0. The molecule has 2 rings (SSSR count). The third kappa shape index (κ3) is 4.04. The summed E-state index contributed by atoms with van der Waals surface area (Å²) in [6.45, 7) is 4.52. The standard InChI is InChI=1S/C16H20N4O3S/c1-3-19(10-13(2)8-17)24(21,22)20-11-16(12-20)23-15-6-4-14(9-18)5-7-15/h4-7,13,16H,3,10-12H2,1-2H3/t13-/m0/s1. The number of rotatable bonds is 7. The zero-order chi connectivity index (χ0) is 17.7. The first-order valence-corrected chi connectivity index (χ1v) is 9.12. The molecule has 0 aliphatic carbocycles. The first kappa shape index (κ1) is 18.2. The van der Waals surface area contributed by atoms with Crippen molar-refractivity contribution < 1.29 is 13.2 Å². The van der Waals surface area contributed by atoms with Crippen molar-refractivity contribution in [3.8, 4) is 17.9 Å². The van der Waals surface area contributed by atoms with Crippen LogP contribution in [-0.4, -0.2) is 49.3 Å². The molecule has 0 radical (unpaired) electrons. The Hall–Kier alpha value is -2.13. The van der Waals surface area contributed by atoms with Crippen molar-refractivity contribution >= 4 is 10.2 Å². The number of hydrogen-bond acceptors (Lipinski definition) is 5. The van der Waals surface area contributed by atoms with Gasteiger partial charge >= 0.3 is 0 Å². The lowest BCUT2D eigenvalue weighted by atomic mass is 10.2. The average molecular weight is 348 g/mol. The summed E-state index contributed by atoms with van der Waals surface area (Å²) in [5, 5.41) is 17.6. The lowest BCUT2D eigenvalue weighted by molar-refractivity contribution is 0.0712. The van der Waals surface area contributed by atoms with Crippen LogP contribution in [0.3, 0.4) is 0 Å². The van der Waals surface area contributed by atoms with E-state index in [0.717, 1.165) is 0 Å². The van der Waals surface area contributed by atoms with Gasteiger partial charge in [-0.15, -0.1) is 0 Å². The fourth-order valence-electron chi connectivity index (χ4n) is 2.36. The summed E-state index contributed by atoms with van der Waals surface area (Å²) in [7, 11) is -3.56. The highest BCUT2D eigenvalue weighted by Crippen LogP contribution is 2.23. The SMILES string of the molecule is CCN(C[C@@H](C)C#N)S(=O)(=O)N1CC(Oc2ccc(C#N)cc2)C1. The molecule has 1 aliphatic heterocycles. The van der Waals surface area contributed by atoms with E-state index in [-0.39, 0.29) is 31.7 Å². The molecule has 1 aromatic rings. The van der Waals surface area contributed by atoms with E-state index in [1.54, 1.807) is 38.1 Å². The highest BCUT2D eigenvalue weighted by molar-refractivity contribution is 7.86. The van der Waals surface area contributed by atoms with Gasteiger partial charge in [0.25, 0.3) is 10.2 Å². The molecular weight excluding hydrogens is 328 g/mol. The van der Waals surface area contributed by atoms with Gasteiger partial charge in [0.1, 0.15) is 11.9 Å². The summed E-state index contributed by atoms with van der Waals surface area (Å²) in [6.07, 6.45) is -0.209. The number of ether oxygens (including phenoxy) is 1. The van der Waals surface area contributed by atoms with Crippen LogP contribution < -0.4 is 4.74 Å². The Bertz CT molecular complexity index is 743. The van der Waals surface area contributed by atoms with E-state index in [0.29, 0.717) is 17.9 Å². The summed E-state index contributed by atoms with van der Waals surface area (Å²) in [6, 6.07) is 10.8. The normalized spacial score (nSPS) is 16.9. The molecule has 1 saturated heterocycles. The van der Waals surface area contributed by atoms with Gasteiger partial charge in [-0.1, -0.05) is 6.92 Å². The van der Waals surface area contributed by atoms with E-state index in [4.69, 9.17) is 15.3 Å². The molecule has 0 saturated carbocycles. The van der Waals surface area contributed by atoms with Gasteiger partial charge in [-0.3, -0.25) is 0 Å². The number of benzene rings is 1. The van der Waals surface area contributed by atoms with Crippen LogP contribution in [-0.2, 0) is 10.2 Å². The predicted molar refractivity (Wildman–Crippen MR) is 88.1 cm³/mol. The molecule has 0 bridgehead atoms. The zero-order valence-corrected chi connectivity index (χ0v) is 14.5. The van der Waals surface area contributed by atoms with Crippen LogP contribution in [0.2, 0.25) is 0 Å². The van der Waals surface area contributed by atoms with Gasteiger partial charge in [0.2, 0.25) is 0 Å². The van der Waals surface area contributed by atoms with Crippen molar-refractivity contribution in [2.24, 2.45) is 5.92 Å². The van der Waals surface area contributed by atoms with Crippen molar-refractivity contribution in [3.05, 3.63) is 29.8 Å². The summed E-state index contributed by atoms with van der Waals surface area (Å²) < 4.78 is 33.4. The van der Waals surface area contributed by atoms with Crippen LogP contribution in [0.5, 0.6) is 5.75 Å². The molecule has 7 nitrogen and oxygen atoms in total. The largest absolute Gasteiger partial charge is 0.488 e. The maximum Gasteiger partial charge on any atom is 0.282 e. The van der Waals surface area contributed by atoms with E-state index in [1.165, 1.54) is 8.61 Å². The van der Waals surface area contributed by atoms with Crippen molar-refractivity contribution in [1.29, 1.82) is 10.5 Å². The predicted octanol–water partition coefficient (Wildman–Crippen LogP) is 1.35. The second-order valence-electron chi connectivity index (χ2n) is 5.68. The summed E-state index contributed by atoms with van der Waals surface area (Å²) in [5.74, 6) is 0.258. The monoisotopic (exact) mass is 348 g/mol. The van der Waals surface area contributed by atoms with E-state index in [1.807, 2.05) is 6.07 Å². The van der Waals surface area contributed by atoms with E-state index in [2.05, 4.69) is 6.07 Å². The molecule has 0 amide bonds. The van der Waals surface area contributed by atoms with Crippen molar-refractivity contribution in [1.82, 2.24) is 8.61 Å². The molecule has 1 aliphatic rings. The second-order valence-corrected chi connectivity index (χ2v) is 7.61. The molecule has 24 heavy (non-hydrogen) atoms. The second kappa shape index (κ2) is 7.63. The molecule has 1 aromatic carbocycles. The van der Waals surface area contributed by atoms with E-state index in [9.17, 15) is 8.42 Å². The third-order valence-corrected chi connectivity index (χ3v) is 5.81. The quantitative estimate of drug-likeness (QED) is 0.741. The van der Waals surface area contributed by atoms with Crippen molar-refractivity contribution in [2.75, 3.05) is 26.2 Å². The highest BCUT2D eigenvalue weighted by atomic mass is 32.2. The Kier molecular flexibility index (Phi) is 5.79. The molecule has 1 fully saturated rings. The molecule has 0 unspecified atom stereocenters. The number of hydrogen-bond donors (Lipinski definition) is 0. The van der Waals surface area contributed by atoms with Crippen molar-refractivity contribution in [3.63, 3.8) is 0 Å². The number of nitriles is 2. The number of nitrogens with zero attached hydrogens (tertiary/aromatic N) is 4. The van der Waals surface area contributed by atoms with Gasteiger partial charge in [-0.25, -0.2) is 0 Å². The van der Waals surface area contributed by atoms with Gasteiger partial charge in [0.15, 0.2) is 0 Å². The summed E-state index contributed by atoms with van der Waals surface area (Å²) >= 11 is 0. The smallest absolute Gasteiger partial charge is 0.282 e. The fraction of sp³-hybridized carbons (Fsp3) is 0.500. The molecule has 8 heteroatoms. The van der Waals surface area contributed by atoms with Crippen LogP contribution in [0, 0.1) is 28.6 Å². The Morgan fingerprint density at radius 3 is 2.46 bits per heavy atom. The minimum atomic E-state index is -3.56. The van der Waals surface area contributed by atoms with Gasteiger partial charge in [-0.05, 0) is 31.2 Å². The maximum atomic E-state index is 12.5. The van der Waals surface area contributed by atoms with Crippen LogP contribution in [0.4, 0.5) is 0 Å². The van der Waals surface area contributed by atoms with Gasteiger partial charge in [0, 0.05) is 13.1 Å². The van der Waals surface area contributed by atoms with Gasteiger partial charge < -0.3 is 4.74 Å². The van der Waals surface area contributed by atoms with Crippen LogP contribution in [0.15, 0.2) is 24.3 Å². The highest BCUT2D eigenvalue weighted by Gasteiger charge is 2.40. The Labute approximate surface area is 142 Å². The molecule has 0 spiro atoms. The minimum Gasteiger partial charge on any atom is -0.488 e. The fourth-order valence-corrected chi connectivity index (χ4v) is 4.13. The average Bonchev–Trinajstić information content (AvgIpc) is 2.55. The molecule has 128 valence electrons. The maximum absolute atomic E-state index is 12.5. The van der Waals surface area contributed by atoms with Gasteiger partial charge in [-0.2, -0.15) is 27.6 Å². The van der Waals surface area contributed by atoms with Crippen LogP contribution in [0.1, 0.15) is 19.4 Å². The van der Waals surface area contributed by atoms with E-state index < -0.39 is 10.2 Å². The molecule has 0 aromatic heterocycles. The first-order valence-electron chi connectivity index (χ1n) is 7.72. The van der Waals surface area contributed by atoms with Crippen molar-refractivity contribution in [2.45, 2.75) is 20.0 Å². The van der Waals surface area contributed by atoms with Gasteiger partial charge in [0.05, 0.1) is 36.7 Å². The molecule has 0 N–H and O–H groups in total. The zero-order valence-electron chi connectivity index (χ0n) is 13.7. The minimum absolute atomic E-state index is 0.187. The molecular formula is C16H20N4O3S. The molecule has 1 heterocycles. The third-order valence-electron chi connectivity index (χ3n) is 3.80. The Morgan fingerprint density at radius 2 is 1.96 bits per heavy atom. The topological polar surface area (TPSA) is 97.4 Å². The first-order chi connectivity index (χ1) is 11.4. The Morgan fingerprint density at radius 1 is 1.33 bits per heavy atom. The summed E-state index contributed by atoms with van der Waals surface area (Å²) in [5.41, 5.74) is 0.547. The van der Waals surface area contributed by atoms with E-state index >= 15 is 0 Å².